The number of nitrogens with one attached hydrogen (secondary N) is 2. The number of furan rings is 1. The lowest BCUT2D eigenvalue weighted by molar-refractivity contribution is -0.136. The fraction of sp³-hybridized carbons (Fsp3) is 0.138. The number of carbonyl (C=O) groups is 2. The highest BCUT2D eigenvalue weighted by Gasteiger charge is 2.27. The minimum absolute atomic E-state index is 0.0459. The van der Waals surface area contributed by atoms with Gasteiger partial charge in [0.2, 0.25) is 10.0 Å². The third kappa shape index (κ3) is 7.98. The van der Waals surface area contributed by atoms with Crippen molar-refractivity contribution in [3.8, 4) is 5.75 Å². The highest BCUT2D eigenvalue weighted by Crippen LogP contribution is 2.27. The molecule has 0 saturated heterocycles. The summed E-state index contributed by atoms with van der Waals surface area (Å²) in [5.74, 6) is -0.789. The van der Waals surface area contributed by atoms with Crippen LogP contribution in [0.25, 0.3) is 0 Å². The molecule has 0 bridgehead atoms. The number of anilines is 1. The van der Waals surface area contributed by atoms with E-state index in [4.69, 9.17) is 32.4 Å². The van der Waals surface area contributed by atoms with Crippen LogP contribution in [0.4, 0.5) is 5.69 Å². The number of amides is 2. The smallest absolute Gasteiger partial charge is 0.329 e. The average molecular weight is 630 g/mol. The molecule has 2 amide bonds. The van der Waals surface area contributed by atoms with Gasteiger partial charge in [-0.25, -0.2) is 13.8 Å². The first kappa shape index (κ1) is 30.8. The number of hydrazone groups is 1. The van der Waals surface area contributed by atoms with E-state index in [2.05, 4.69) is 15.8 Å². The standard InChI is InChI=1S/C29H26Cl2N4O6S/c1-19-3-13-26(14-4-19)42(38,39)35(17-20-5-6-21(30)15-27(20)31)18-25-12-11-24(41-25)16-32-34-29(37)28(36)33-22-7-9-23(40-2)10-8-22/h3-16H,17-18H2,1-2H3,(H,33,36)(H,34,37)/b32-16+. The summed E-state index contributed by atoms with van der Waals surface area (Å²) in [5.41, 5.74) is 4.00. The maximum atomic E-state index is 13.6. The van der Waals surface area contributed by atoms with Crippen molar-refractivity contribution in [2.24, 2.45) is 5.10 Å². The molecule has 3 aromatic carbocycles. The molecule has 1 aromatic heterocycles. The van der Waals surface area contributed by atoms with E-state index in [1.807, 2.05) is 6.92 Å². The van der Waals surface area contributed by atoms with Crippen molar-refractivity contribution >= 4 is 56.9 Å². The Kier molecular flexibility index (Phi) is 10.0. The molecule has 0 aliphatic rings. The second-order valence-corrected chi connectivity index (χ2v) is 11.8. The predicted molar refractivity (Wildman–Crippen MR) is 160 cm³/mol. The van der Waals surface area contributed by atoms with E-state index < -0.39 is 21.8 Å². The van der Waals surface area contributed by atoms with Gasteiger partial charge in [0.05, 0.1) is 24.8 Å². The number of ether oxygens (including phenoxy) is 1. The summed E-state index contributed by atoms with van der Waals surface area (Å²) >= 11 is 12.4. The van der Waals surface area contributed by atoms with Crippen molar-refractivity contribution in [2.75, 3.05) is 12.4 Å². The van der Waals surface area contributed by atoms with E-state index >= 15 is 0 Å². The predicted octanol–water partition coefficient (Wildman–Crippen LogP) is 5.38. The molecule has 0 unspecified atom stereocenters. The average Bonchev–Trinajstić information content (AvgIpc) is 3.41. The molecule has 42 heavy (non-hydrogen) atoms. The first-order valence-corrected chi connectivity index (χ1v) is 14.6. The summed E-state index contributed by atoms with van der Waals surface area (Å²) in [4.78, 5) is 24.4. The number of halogens is 2. The molecular weight excluding hydrogens is 603 g/mol. The van der Waals surface area contributed by atoms with Crippen LogP contribution in [0.1, 0.15) is 22.6 Å². The van der Waals surface area contributed by atoms with Gasteiger partial charge in [-0.3, -0.25) is 9.59 Å². The summed E-state index contributed by atoms with van der Waals surface area (Å²) in [6.07, 6.45) is 1.19. The highest BCUT2D eigenvalue weighted by atomic mass is 35.5. The summed E-state index contributed by atoms with van der Waals surface area (Å²) in [7, 11) is -2.44. The summed E-state index contributed by atoms with van der Waals surface area (Å²) in [6, 6.07) is 20.9. The van der Waals surface area contributed by atoms with Crippen molar-refractivity contribution in [2.45, 2.75) is 24.9 Å². The Morgan fingerprint density at radius 1 is 0.952 bits per heavy atom. The molecule has 0 saturated carbocycles. The summed E-state index contributed by atoms with van der Waals surface area (Å²) < 4.78 is 39.2. The quantitative estimate of drug-likeness (QED) is 0.138. The summed E-state index contributed by atoms with van der Waals surface area (Å²) in [5, 5.41) is 6.95. The Bertz CT molecular complexity index is 1700. The molecule has 0 atom stereocenters. The van der Waals surface area contributed by atoms with Gasteiger partial charge in [0.15, 0.2) is 0 Å². The monoisotopic (exact) mass is 628 g/mol. The van der Waals surface area contributed by atoms with E-state index in [0.29, 0.717) is 32.8 Å². The van der Waals surface area contributed by atoms with Gasteiger partial charge in [-0.2, -0.15) is 9.41 Å². The Morgan fingerprint density at radius 3 is 2.33 bits per heavy atom. The van der Waals surface area contributed by atoms with Crippen molar-refractivity contribution in [3.63, 3.8) is 0 Å². The number of carbonyl (C=O) groups excluding carboxylic acids is 2. The van der Waals surface area contributed by atoms with E-state index in [1.54, 1.807) is 66.7 Å². The Hall–Kier alpha value is -4.16. The largest absolute Gasteiger partial charge is 0.497 e. The lowest BCUT2D eigenvalue weighted by Crippen LogP contribution is -2.32. The SMILES string of the molecule is COc1ccc(NC(=O)C(=O)N/N=C/c2ccc(CN(Cc3ccc(Cl)cc3Cl)S(=O)(=O)c3ccc(C)cc3)o2)cc1. The van der Waals surface area contributed by atoms with E-state index in [1.165, 1.54) is 29.8 Å². The van der Waals surface area contributed by atoms with Crippen LogP contribution in [-0.4, -0.2) is 37.9 Å². The molecule has 218 valence electrons. The van der Waals surface area contributed by atoms with Gasteiger partial charge in [0, 0.05) is 22.3 Å². The third-order valence-electron chi connectivity index (χ3n) is 5.95. The lowest BCUT2D eigenvalue weighted by atomic mass is 10.2. The van der Waals surface area contributed by atoms with Gasteiger partial charge in [-0.15, -0.1) is 0 Å². The number of benzene rings is 3. The van der Waals surface area contributed by atoms with Gasteiger partial charge in [-0.05, 0) is 73.2 Å². The maximum Gasteiger partial charge on any atom is 0.329 e. The van der Waals surface area contributed by atoms with Crippen LogP contribution in [0.5, 0.6) is 5.75 Å². The topological polar surface area (TPSA) is 130 Å². The molecule has 13 heteroatoms. The number of nitrogens with zero attached hydrogens (tertiary/aromatic N) is 2. The zero-order valence-corrected chi connectivity index (χ0v) is 24.8. The van der Waals surface area contributed by atoms with Crippen LogP contribution in [-0.2, 0) is 32.7 Å². The molecular formula is C29H26Cl2N4O6S. The molecule has 0 radical (unpaired) electrons. The number of rotatable bonds is 10. The van der Waals surface area contributed by atoms with Crippen LogP contribution in [0.3, 0.4) is 0 Å². The van der Waals surface area contributed by atoms with E-state index in [0.717, 1.165) is 5.56 Å². The van der Waals surface area contributed by atoms with Gasteiger partial charge in [0.25, 0.3) is 0 Å². The summed E-state index contributed by atoms with van der Waals surface area (Å²) in [6.45, 7) is 1.69. The van der Waals surface area contributed by atoms with Crippen LogP contribution in [0, 0.1) is 6.92 Å². The first-order valence-electron chi connectivity index (χ1n) is 12.4. The molecule has 0 aliphatic heterocycles. The van der Waals surface area contributed by atoms with E-state index in [-0.39, 0.29) is 23.7 Å². The second-order valence-electron chi connectivity index (χ2n) is 9.01. The fourth-order valence-electron chi connectivity index (χ4n) is 3.72. The van der Waals surface area contributed by atoms with Gasteiger partial charge >= 0.3 is 11.8 Å². The normalized spacial score (nSPS) is 11.5. The lowest BCUT2D eigenvalue weighted by Gasteiger charge is -2.22. The van der Waals surface area contributed by atoms with Crippen molar-refractivity contribution in [3.05, 3.63) is 112 Å². The second kappa shape index (κ2) is 13.7. The van der Waals surface area contributed by atoms with Crippen LogP contribution in [0.2, 0.25) is 10.0 Å². The molecule has 2 N–H and O–H groups in total. The molecule has 0 spiro atoms. The number of aryl methyl sites for hydroxylation is 1. The molecule has 0 fully saturated rings. The minimum atomic E-state index is -3.96. The van der Waals surface area contributed by atoms with Crippen LogP contribution in [0.15, 0.2) is 93.3 Å². The Balaban J connectivity index is 1.45. The number of hydrogen-bond donors (Lipinski definition) is 2. The van der Waals surface area contributed by atoms with Gasteiger partial charge in [-0.1, -0.05) is 47.0 Å². The number of hydrogen-bond acceptors (Lipinski definition) is 7. The van der Waals surface area contributed by atoms with Crippen LogP contribution < -0.4 is 15.5 Å². The molecule has 10 nitrogen and oxygen atoms in total. The van der Waals surface area contributed by atoms with Gasteiger partial charge in [0.1, 0.15) is 17.3 Å². The van der Waals surface area contributed by atoms with Gasteiger partial charge < -0.3 is 14.5 Å². The molecule has 0 aliphatic carbocycles. The van der Waals surface area contributed by atoms with Crippen molar-refractivity contribution < 1.29 is 27.2 Å². The molecule has 1 heterocycles. The fourth-order valence-corrected chi connectivity index (χ4v) is 5.57. The highest BCUT2D eigenvalue weighted by molar-refractivity contribution is 7.89. The zero-order chi connectivity index (χ0) is 30.3. The minimum Gasteiger partial charge on any atom is -0.497 e. The number of sulfonamides is 1. The molecule has 4 rings (SSSR count). The van der Waals surface area contributed by atoms with E-state index in [9.17, 15) is 18.0 Å². The van der Waals surface area contributed by atoms with Crippen LogP contribution >= 0.6 is 23.2 Å². The van der Waals surface area contributed by atoms with Crippen molar-refractivity contribution in [1.29, 1.82) is 0 Å². The molecule has 4 aromatic rings. The zero-order valence-electron chi connectivity index (χ0n) is 22.5. The maximum absolute atomic E-state index is 13.6. The van der Waals surface area contributed by atoms with Crippen molar-refractivity contribution in [1.82, 2.24) is 9.73 Å². The Labute approximate surface area is 252 Å². The Morgan fingerprint density at radius 2 is 1.67 bits per heavy atom. The third-order valence-corrected chi connectivity index (χ3v) is 8.34. The first-order chi connectivity index (χ1) is 20.0. The number of methoxy groups -OCH3 is 1.